The molecule has 2 heterocycles. The Balaban J connectivity index is 2.33. The summed E-state index contributed by atoms with van der Waals surface area (Å²) < 4.78 is 4.07. The minimum atomic E-state index is 0.524. The number of aryl methyl sites for hydroxylation is 2. The van der Waals surface area contributed by atoms with E-state index in [1.54, 1.807) is 0 Å². The second kappa shape index (κ2) is 6.07. The predicted octanol–water partition coefficient (Wildman–Crippen LogP) is 5.04. The number of benzene rings is 1. The standard InChI is InChI=1S/C15H12Br2ClN3/c1-9-5-7-19-15-14(9)20-13(4-6-18)21(15)12-3-2-10(16)8-11(12)17/h2-3,5,7-8H,4,6H2,1H3. The molecule has 0 fully saturated rings. The lowest BCUT2D eigenvalue weighted by atomic mass is 10.2. The van der Waals surface area contributed by atoms with Gasteiger partial charge < -0.3 is 0 Å². The molecule has 0 aliphatic rings. The lowest BCUT2D eigenvalue weighted by Gasteiger charge is -2.10. The highest BCUT2D eigenvalue weighted by Crippen LogP contribution is 2.29. The maximum absolute atomic E-state index is 5.93. The molecule has 108 valence electrons. The van der Waals surface area contributed by atoms with E-state index < -0.39 is 0 Å². The molecular weight excluding hydrogens is 417 g/mol. The van der Waals surface area contributed by atoms with Crippen molar-refractivity contribution in [2.45, 2.75) is 13.3 Å². The fourth-order valence-electron chi connectivity index (χ4n) is 2.31. The van der Waals surface area contributed by atoms with Crippen LogP contribution >= 0.6 is 43.5 Å². The van der Waals surface area contributed by atoms with Crippen LogP contribution in [0, 0.1) is 6.92 Å². The highest BCUT2D eigenvalue weighted by molar-refractivity contribution is 9.11. The number of hydrogen-bond acceptors (Lipinski definition) is 2. The maximum atomic E-state index is 5.93. The van der Waals surface area contributed by atoms with Gasteiger partial charge in [-0.1, -0.05) is 15.9 Å². The predicted molar refractivity (Wildman–Crippen MR) is 93.4 cm³/mol. The third kappa shape index (κ3) is 2.74. The number of nitrogens with zero attached hydrogens (tertiary/aromatic N) is 3. The highest BCUT2D eigenvalue weighted by Gasteiger charge is 2.16. The van der Waals surface area contributed by atoms with Gasteiger partial charge in [0.25, 0.3) is 0 Å². The minimum Gasteiger partial charge on any atom is -0.280 e. The van der Waals surface area contributed by atoms with Crippen molar-refractivity contribution < 1.29 is 0 Å². The Morgan fingerprint density at radius 1 is 1.24 bits per heavy atom. The van der Waals surface area contributed by atoms with E-state index >= 15 is 0 Å². The van der Waals surface area contributed by atoms with Crippen LogP contribution in [0.3, 0.4) is 0 Å². The van der Waals surface area contributed by atoms with E-state index in [-0.39, 0.29) is 0 Å². The molecule has 21 heavy (non-hydrogen) atoms. The molecule has 0 atom stereocenters. The van der Waals surface area contributed by atoms with Gasteiger partial charge in [0.2, 0.25) is 0 Å². The van der Waals surface area contributed by atoms with E-state index in [1.807, 2.05) is 37.4 Å². The van der Waals surface area contributed by atoms with Crippen molar-refractivity contribution in [2.75, 3.05) is 5.88 Å². The zero-order chi connectivity index (χ0) is 15.0. The molecule has 0 unspecified atom stereocenters. The van der Waals surface area contributed by atoms with Crippen molar-refractivity contribution in [3.8, 4) is 5.69 Å². The summed E-state index contributed by atoms with van der Waals surface area (Å²) in [5, 5.41) is 0. The summed E-state index contributed by atoms with van der Waals surface area (Å²) in [4.78, 5) is 9.23. The van der Waals surface area contributed by atoms with Gasteiger partial charge in [0.1, 0.15) is 11.3 Å². The topological polar surface area (TPSA) is 30.7 Å². The summed E-state index contributed by atoms with van der Waals surface area (Å²) in [6.45, 7) is 2.04. The Kier molecular flexibility index (Phi) is 4.33. The van der Waals surface area contributed by atoms with Gasteiger partial charge in [0.05, 0.1) is 5.69 Å². The molecule has 6 heteroatoms. The van der Waals surface area contributed by atoms with Crippen LogP contribution in [-0.2, 0) is 6.42 Å². The molecule has 0 N–H and O–H groups in total. The molecule has 2 aromatic heterocycles. The smallest absolute Gasteiger partial charge is 0.164 e. The normalized spacial score (nSPS) is 11.2. The van der Waals surface area contributed by atoms with Crippen molar-refractivity contribution in [1.29, 1.82) is 0 Å². The highest BCUT2D eigenvalue weighted by atomic mass is 79.9. The van der Waals surface area contributed by atoms with Crippen molar-refractivity contribution in [1.82, 2.24) is 14.5 Å². The van der Waals surface area contributed by atoms with Gasteiger partial charge in [-0.15, -0.1) is 11.6 Å². The Labute approximate surface area is 144 Å². The minimum absolute atomic E-state index is 0.524. The van der Waals surface area contributed by atoms with E-state index in [0.717, 1.165) is 37.2 Å². The maximum Gasteiger partial charge on any atom is 0.164 e. The SMILES string of the molecule is Cc1ccnc2c1nc(CCCl)n2-c1ccc(Br)cc1Br. The van der Waals surface area contributed by atoms with Crippen molar-refractivity contribution in [2.24, 2.45) is 0 Å². The molecular formula is C15H12Br2ClN3. The average molecular weight is 430 g/mol. The Morgan fingerprint density at radius 3 is 2.76 bits per heavy atom. The van der Waals surface area contributed by atoms with Crippen molar-refractivity contribution in [3.63, 3.8) is 0 Å². The summed E-state index contributed by atoms with van der Waals surface area (Å²) in [5.41, 5.74) is 3.91. The lowest BCUT2D eigenvalue weighted by Crippen LogP contribution is -2.03. The molecule has 3 nitrogen and oxygen atoms in total. The van der Waals surface area contributed by atoms with E-state index in [1.165, 1.54) is 0 Å². The third-order valence-corrected chi connectivity index (χ3v) is 4.60. The second-order valence-electron chi connectivity index (χ2n) is 4.70. The number of pyridine rings is 1. The van der Waals surface area contributed by atoms with Crippen LogP contribution in [0.15, 0.2) is 39.4 Å². The number of halogens is 3. The van der Waals surface area contributed by atoms with E-state index in [0.29, 0.717) is 12.3 Å². The number of aromatic nitrogens is 3. The summed E-state index contributed by atoms with van der Waals surface area (Å²) in [6, 6.07) is 8.03. The lowest BCUT2D eigenvalue weighted by molar-refractivity contribution is 0.902. The van der Waals surface area contributed by atoms with Crippen LogP contribution < -0.4 is 0 Å². The average Bonchev–Trinajstić information content (AvgIpc) is 2.79. The van der Waals surface area contributed by atoms with E-state index in [4.69, 9.17) is 16.6 Å². The fraction of sp³-hybridized carbons (Fsp3) is 0.200. The van der Waals surface area contributed by atoms with Crippen LogP contribution in [0.1, 0.15) is 11.4 Å². The van der Waals surface area contributed by atoms with Crippen molar-refractivity contribution >= 4 is 54.6 Å². The van der Waals surface area contributed by atoms with E-state index in [9.17, 15) is 0 Å². The van der Waals surface area contributed by atoms with Gasteiger partial charge in [0.15, 0.2) is 5.65 Å². The number of hydrogen-bond donors (Lipinski definition) is 0. The quantitative estimate of drug-likeness (QED) is 0.547. The number of imidazole rings is 1. The second-order valence-corrected chi connectivity index (χ2v) is 6.85. The molecule has 0 saturated heterocycles. The zero-order valence-corrected chi connectivity index (χ0v) is 15.2. The molecule has 0 aliphatic carbocycles. The van der Waals surface area contributed by atoms with E-state index in [2.05, 4.69) is 41.4 Å². The molecule has 0 radical (unpaired) electrons. The van der Waals surface area contributed by atoms with Gasteiger partial charge in [-0.25, -0.2) is 9.97 Å². The van der Waals surface area contributed by atoms with Gasteiger partial charge in [-0.3, -0.25) is 4.57 Å². The van der Waals surface area contributed by atoms with Crippen molar-refractivity contribution in [3.05, 3.63) is 50.8 Å². The summed E-state index contributed by atoms with van der Waals surface area (Å²) in [7, 11) is 0. The summed E-state index contributed by atoms with van der Waals surface area (Å²) in [6.07, 6.45) is 2.51. The van der Waals surface area contributed by atoms with Gasteiger partial charge in [0, 0.05) is 27.4 Å². The first kappa shape index (κ1) is 15.0. The number of alkyl halides is 1. The zero-order valence-electron chi connectivity index (χ0n) is 11.3. The molecule has 0 aliphatic heterocycles. The summed E-state index contributed by atoms with van der Waals surface area (Å²) in [5.74, 6) is 1.45. The monoisotopic (exact) mass is 427 g/mol. The molecule has 0 bridgehead atoms. The fourth-order valence-corrected chi connectivity index (χ4v) is 3.70. The molecule has 1 aromatic carbocycles. The first-order valence-corrected chi connectivity index (χ1v) is 8.58. The summed E-state index contributed by atoms with van der Waals surface area (Å²) >= 11 is 13.0. The Bertz CT molecular complexity index is 814. The Hall–Kier alpha value is -0.910. The molecule has 0 amide bonds. The molecule has 3 aromatic rings. The van der Waals surface area contributed by atoms with Crippen LogP contribution in [0.5, 0.6) is 0 Å². The largest absolute Gasteiger partial charge is 0.280 e. The first-order valence-electron chi connectivity index (χ1n) is 6.46. The van der Waals surface area contributed by atoms with Gasteiger partial charge in [-0.2, -0.15) is 0 Å². The van der Waals surface area contributed by atoms with Crippen LogP contribution in [0.4, 0.5) is 0 Å². The molecule has 0 saturated carbocycles. The van der Waals surface area contributed by atoms with Crippen LogP contribution in [0.25, 0.3) is 16.9 Å². The van der Waals surface area contributed by atoms with Gasteiger partial charge >= 0.3 is 0 Å². The molecule has 0 spiro atoms. The van der Waals surface area contributed by atoms with Gasteiger partial charge in [-0.05, 0) is 52.7 Å². The van der Waals surface area contributed by atoms with Crippen LogP contribution in [0.2, 0.25) is 0 Å². The first-order chi connectivity index (χ1) is 10.1. The number of rotatable bonds is 3. The van der Waals surface area contributed by atoms with Crippen LogP contribution in [-0.4, -0.2) is 20.4 Å². The molecule has 3 rings (SSSR count). The third-order valence-electron chi connectivity index (χ3n) is 3.29. The number of fused-ring (bicyclic) bond motifs is 1. The Morgan fingerprint density at radius 2 is 2.05 bits per heavy atom.